The zero-order valence-electron chi connectivity index (χ0n) is 18.1. The minimum Gasteiger partial charge on any atom is -0.325 e. The Morgan fingerprint density at radius 3 is 2.50 bits per heavy atom. The van der Waals surface area contributed by atoms with Gasteiger partial charge in [0.1, 0.15) is 12.4 Å². The average molecular weight is 456 g/mol. The predicted octanol–water partition coefficient (Wildman–Crippen LogP) is 3.16. The lowest BCUT2D eigenvalue weighted by molar-refractivity contribution is -0.384. The van der Waals surface area contributed by atoms with Crippen molar-refractivity contribution in [2.75, 3.05) is 11.9 Å². The van der Waals surface area contributed by atoms with Crippen molar-refractivity contribution in [2.24, 2.45) is 5.10 Å². The van der Waals surface area contributed by atoms with Crippen LogP contribution in [0.15, 0.2) is 82.7 Å². The van der Waals surface area contributed by atoms with Gasteiger partial charge in [-0.3, -0.25) is 24.3 Å². The number of anilines is 1. The van der Waals surface area contributed by atoms with Crippen LogP contribution in [0.4, 0.5) is 11.4 Å². The summed E-state index contributed by atoms with van der Waals surface area (Å²) in [6.45, 7) is 1.70. The molecule has 10 nitrogen and oxygen atoms in total. The van der Waals surface area contributed by atoms with Crippen LogP contribution < -0.4 is 16.3 Å². The number of carbonyl (C=O) groups excluding carboxylic acids is 1. The summed E-state index contributed by atoms with van der Waals surface area (Å²) in [6.07, 6.45) is 1.46. The van der Waals surface area contributed by atoms with Crippen LogP contribution in [0.25, 0.3) is 16.6 Å². The molecule has 4 rings (SSSR count). The van der Waals surface area contributed by atoms with Crippen molar-refractivity contribution in [1.29, 1.82) is 0 Å². The first kappa shape index (κ1) is 22.3. The number of amides is 1. The quantitative estimate of drug-likeness (QED) is 0.249. The molecule has 0 fully saturated rings. The lowest BCUT2D eigenvalue weighted by Gasteiger charge is -2.12. The molecule has 0 radical (unpaired) electrons. The SMILES string of the molecule is Cc1nc2ccccc2c(=O)n1-c1ccc(NC(=O)CN/N=C/c2ccc([N+](=O)[O-])cc2)cc1. The number of aryl methyl sites for hydroxylation is 1. The van der Waals surface area contributed by atoms with E-state index in [2.05, 4.69) is 20.8 Å². The number of hydrazone groups is 1. The number of aromatic nitrogens is 2. The Morgan fingerprint density at radius 1 is 1.09 bits per heavy atom. The third-order valence-electron chi connectivity index (χ3n) is 5.00. The van der Waals surface area contributed by atoms with Crippen LogP contribution in [0, 0.1) is 17.0 Å². The molecule has 4 aromatic rings. The molecule has 0 spiro atoms. The van der Waals surface area contributed by atoms with Crippen molar-refractivity contribution in [1.82, 2.24) is 15.0 Å². The fourth-order valence-corrected chi connectivity index (χ4v) is 3.37. The van der Waals surface area contributed by atoms with E-state index in [1.807, 2.05) is 6.07 Å². The molecule has 0 atom stereocenters. The smallest absolute Gasteiger partial charge is 0.269 e. The fourth-order valence-electron chi connectivity index (χ4n) is 3.37. The normalized spacial score (nSPS) is 11.0. The number of nitro benzene ring substituents is 1. The van der Waals surface area contributed by atoms with Crippen LogP contribution in [0.2, 0.25) is 0 Å². The Morgan fingerprint density at radius 2 is 1.79 bits per heavy atom. The van der Waals surface area contributed by atoms with E-state index in [-0.39, 0.29) is 23.7 Å². The van der Waals surface area contributed by atoms with Gasteiger partial charge in [-0.25, -0.2) is 4.98 Å². The third-order valence-corrected chi connectivity index (χ3v) is 5.00. The van der Waals surface area contributed by atoms with Gasteiger partial charge in [0.25, 0.3) is 11.2 Å². The second kappa shape index (κ2) is 9.74. The van der Waals surface area contributed by atoms with Crippen LogP contribution in [0.5, 0.6) is 0 Å². The highest BCUT2D eigenvalue weighted by Gasteiger charge is 2.10. The number of non-ortho nitro benzene ring substituents is 1. The van der Waals surface area contributed by atoms with E-state index in [4.69, 9.17) is 0 Å². The monoisotopic (exact) mass is 456 g/mol. The molecule has 0 saturated carbocycles. The van der Waals surface area contributed by atoms with E-state index < -0.39 is 4.92 Å². The van der Waals surface area contributed by atoms with Crippen molar-refractivity contribution in [3.63, 3.8) is 0 Å². The molecule has 1 amide bonds. The van der Waals surface area contributed by atoms with Gasteiger partial charge in [0.05, 0.1) is 27.7 Å². The zero-order chi connectivity index (χ0) is 24.1. The van der Waals surface area contributed by atoms with Crippen LogP contribution in [0.3, 0.4) is 0 Å². The largest absolute Gasteiger partial charge is 0.325 e. The van der Waals surface area contributed by atoms with Gasteiger partial charge in [-0.2, -0.15) is 5.10 Å². The minimum atomic E-state index is -0.478. The highest BCUT2D eigenvalue weighted by molar-refractivity contribution is 5.92. The Balaban J connectivity index is 1.36. The lowest BCUT2D eigenvalue weighted by atomic mass is 10.2. The maximum Gasteiger partial charge on any atom is 0.269 e. The standard InChI is InChI=1S/C24H20N6O4/c1-16-27-22-5-3-2-4-21(22)24(32)29(16)19-12-8-18(9-13-19)28-23(31)15-26-25-14-17-6-10-20(11-7-17)30(33)34/h2-14,26H,15H2,1H3,(H,28,31)/b25-14+. The third kappa shape index (κ3) is 4.96. The summed E-state index contributed by atoms with van der Waals surface area (Å²) in [5.41, 5.74) is 4.98. The number of nitro groups is 1. The van der Waals surface area contributed by atoms with Crippen LogP contribution in [0.1, 0.15) is 11.4 Å². The number of para-hydroxylation sites is 1. The number of fused-ring (bicyclic) bond motifs is 1. The molecular weight excluding hydrogens is 436 g/mol. The molecule has 0 bridgehead atoms. The first-order valence-electron chi connectivity index (χ1n) is 10.3. The molecule has 34 heavy (non-hydrogen) atoms. The number of nitrogens with one attached hydrogen (secondary N) is 2. The minimum absolute atomic E-state index is 0.00702. The topological polar surface area (TPSA) is 132 Å². The number of rotatable bonds is 7. The molecule has 0 aliphatic heterocycles. The fraction of sp³-hybridized carbons (Fsp3) is 0.0833. The second-order valence-corrected chi connectivity index (χ2v) is 7.35. The van der Waals surface area contributed by atoms with Crippen LogP contribution >= 0.6 is 0 Å². The van der Waals surface area contributed by atoms with Gasteiger partial charge < -0.3 is 10.7 Å². The number of nitrogens with zero attached hydrogens (tertiary/aromatic N) is 4. The number of hydrogen-bond donors (Lipinski definition) is 2. The van der Waals surface area contributed by atoms with E-state index >= 15 is 0 Å². The van der Waals surface area contributed by atoms with Gasteiger partial charge in [-0.15, -0.1) is 0 Å². The van der Waals surface area contributed by atoms with E-state index in [9.17, 15) is 19.7 Å². The Kier molecular flexibility index (Phi) is 6.40. The van der Waals surface area contributed by atoms with Gasteiger partial charge in [0.15, 0.2) is 0 Å². The summed E-state index contributed by atoms with van der Waals surface area (Å²) in [5.74, 6) is 0.255. The van der Waals surface area contributed by atoms with Crippen LogP contribution in [-0.4, -0.2) is 33.1 Å². The summed E-state index contributed by atoms with van der Waals surface area (Å²) < 4.78 is 1.53. The average Bonchev–Trinajstić information content (AvgIpc) is 2.83. The van der Waals surface area contributed by atoms with Gasteiger partial charge >= 0.3 is 0 Å². The molecular formula is C24H20N6O4. The number of hydrogen-bond acceptors (Lipinski definition) is 7. The van der Waals surface area contributed by atoms with Gasteiger partial charge in [0, 0.05) is 17.8 Å². The summed E-state index contributed by atoms with van der Waals surface area (Å²) in [7, 11) is 0. The molecule has 10 heteroatoms. The Labute approximate surface area is 193 Å². The number of benzene rings is 3. The summed E-state index contributed by atoms with van der Waals surface area (Å²) in [5, 5.41) is 17.9. The van der Waals surface area contributed by atoms with E-state index in [1.54, 1.807) is 61.5 Å². The maximum atomic E-state index is 12.9. The van der Waals surface area contributed by atoms with E-state index in [0.29, 0.717) is 33.7 Å². The zero-order valence-corrected chi connectivity index (χ0v) is 18.1. The summed E-state index contributed by atoms with van der Waals surface area (Å²) in [4.78, 5) is 39.8. The molecule has 1 aromatic heterocycles. The lowest BCUT2D eigenvalue weighted by Crippen LogP contribution is -2.25. The Hall–Kier alpha value is -4.86. The molecule has 0 unspecified atom stereocenters. The second-order valence-electron chi connectivity index (χ2n) is 7.35. The van der Waals surface area contributed by atoms with E-state index in [1.165, 1.54) is 22.9 Å². The highest BCUT2D eigenvalue weighted by atomic mass is 16.6. The predicted molar refractivity (Wildman–Crippen MR) is 129 cm³/mol. The molecule has 170 valence electrons. The van der Waals surface area contributed by atoms with Gasteiger partial charge in [-0.05, 0) is 61.0 Å². The first-order valence-corrected chi connectivity index (χ1v) is 10.3. The molecule has 0 aliphatic rings. The van der Waals surface area contributed by atoms with Gasteiger partial charge in [0.2, 0.25) is 5.91 Å². The van der Waals surface area contributed by atoms with Crippen molar-refractivity contribution < 1.29 is 9.72 Å². The maximum absolute atomic E-state index is 12.9. The van der Waals surface area contributed by atoms with E-state index in [0.717, 1.165) is 0 Å². The van der Waals surface area contributed by atoms with Crippen molar-refractivity contribution in [2.45, 2.75) is 6.92 Å². The number of carbonyl (C=O) groups is 1. The Bertz CT molecular complexity index is 1440. The van der Waals surface area contributed by atoms with Crippen molar-refractivity contribution in [3.05, 3.63) is 105 Å². The molecule has 0 saturated heterocycles. The molecule has 3 aromatic carbocycles. The molecule has 0 aliphatic carbocycles. The summed E-state index contributed by atoms with van der Waals surface area (Å²) >= 11 is 0. The molecule has 2 N–H and O–H groups in total. The molecule has 1 heterocycles. The van der Waals surface area contributed by atoms with Crippen LogP contribution in [-0.2, 0) is 4.79 Å². The van der Waals surface area contributed by atoms with Crippen molar-refractivity contribution in [3.8, 4) is 5.69 Å². The van der Waals surface area contributed by atoms with Crippen molar-refractivity contribution >= 4 is 34.4 Å². The summed E-state index contributed by atoms with van der Waals surface area (Å²) in [6, 6.07) is 19.9. The van der Waals surface area contributed by atoms with Gasteiger partial charge in [-0.1, -0.05) is 12.1 Å². The first-order chi connectivity index (χ1) is 16.4. The highest BCUT2D eigenvalue weighted by Crippen LogP contribution is 2.15.